The standard InChI is InChI=1S/C58H106NO7P/c1-6-8-10-12-14-16-18-20-22-24-26-27-28-29-30-31-32-34-36-38-40-42-44-46-48-50-53-63-55-57(56-65-67(61,62)64-54-52-59(3,4)5)66-58(60)51-49-47-45-43-41-39-37-35-33-25-23-21-19-17-15-13-11-9-7-2/h15,17-18,20-21,23-24,26,28-29,33,35,57H,6-14,16,19,22,25,27,30-32,34,36-56H2,1-5H3/b17-15-,20-18-,23-21-,26-24-,29-28-,35-33-. The van der Waals surface area contributed by atoms with E-state index in [-0.39, 0.29) is 25.8 Å². The van der Waals surface area contributed by atoms with Gasteiger partial charge in [-0.3, -0.25) is 9.36 Å². The van der Waals surface area contributed by atoms with Crippen LogP contribution in [0.2, 0.25) is 0 Å². The van der Waals surface area contributed by atoms with Gasteiger partial charge in [-0.25, -0.2) is 0 Å². The molecule has 0 radical (unpaired) electrons. The van der Waals surface area contributed by atoms with Crippen molar-refractivity contribution in [2.45, 2.75) is 238 Å². The van der Waals surface area contributed by atoms with Crippen molar-refractivity contribution in [2.24, 2.45) is 0 Å². The smallest absolute Gasteiger partial charge is 0.306 e. The molecule has 0 bridgehead atoms. The fourth-order valence-electron chi connectivity index (χ4n) is 7.44. The molecule has 0 rings (SSSR count). The van der Waals surface area contributed by atoms with E-state index >= 15 is 0 Å². The molecule has 0 fully saturated rings. The molecule has 0 saturated carbocycles. The Morgan fingerprint density at radius 3 is 1.25 bits per heavy atom. The minimum absolute atomic E-state index is 0.0198. The molecular formula is C58H106NO7P. The van der Waals surface area contributed by atoms with Gasteiger partial charge in [-0.2, -0.15) is 0 Å². The number of hydrogen-bond donors (Lipinski definition) is 0. The lowest BCUT2D eigenvalue weighted by atomic mass is 10.1. The van der Waals surface area contributed by atoms with Gasteiger partial charge in [0.2, 0.25) is 0 Å². The summed E-state index contributed by atoms with van der Waals surface area (Å²) in [4.78, 5) is 25.2. The highest BCUT2D eigenvalue weighted by Gasteiger charge is 2.20. The second kappa shape index (κ2) is 50.3. The van der Waals surface area contributed by atoms with E-state index in [2.05, 4.69) is 86.8 Å². The highest BCUT2D eigenvalue weighted by Crippen LogP contribution is 2.38. The number of allylic oxidation sites excluding steroid dienone is 12. The van der Waals surface area contributed by atoms with Crippen LogP contribution in [0.5, 0.6) is 0 Å². The summed E-state index contributed by atoms with van der Waals surface area (Å²) in [5, 5.41) is 0. The van der Waals surface area contributed by atoms with Gasteiger partial charge in [-0.1, -0.05) is 209 Å². The number of phosphoric ester groups is 1. The summed E-state index contributed by atoms with van der Waals surface area (Å²) in [7, 11) is 1.34. The minimum atomic E-state index is -4.54. The molecular weight excluding hydrogens is 854 g/mol. The Bertz CT molecular complexity index is 1300. The Balaban J connectivity index is 4.13. The highest BCUT2D eigenvalue weighted by molar-refractivity contribution is 7.45. The van der Waals surface area contributed by atoms with Crippen LogP contribution in [0.1, 0.15) is 232 Å². The second-order valence-corrected chi connectivity index (χ2v) is 21.0. The molecule has 0 aromatic rings. The molecule has 2 atom stereocenters. The number of quaternary nitrogens is 1. The first-order valence-electron chi connectivity index (χ1n) is 27.7. The van der Waals surface area contributed by atoms with Crippen LogP contribution in [0.3, 0.4) is 0 Å². The van der Waals surface area contributed by atoms with Crippen LogP contribution >= 0.6 is 7.82 Å². The van der Waals surface area contributed by atoms with E-state index in [4.69, 9.17) is 18.5 Å². The maximum absolute atomic E-state index is 12.8. The lowest BCUT2D eigenvalue weighted by Gasteiger charge is -2.28. The fourth-order valence-corrected chi connectivity index (χ4v) is 8.17. The van der Waals surface area contributed by atoms with Gasteiger partial charge in [0.05, 0.1) is 34.4 Å². The van der Waals surface area contributed by atoms with Crippen molar-refractivity contribution in [1.82, 2.24) is 0 Å². The molecule has 0 saturated heterocycles. The molecule has 9 heteroatoms. The Kier molecular flexibility index (Phi) is 48.8. The van der Waals surface area contributed by atoms with Gasteiger partial charge in [0, 0.05) is 13.0 Å². The van der Waals surface area contributed by atoms with Gasteiger partial charge in [-0.15, -0.1) is 0 Å². The van der Waals surface area contributed by atoms with E-state index in [0.717, 1.165) is 70.6 Å². The normalized spacial score (nSPS) is 14.1. The van der Waals surface area contributed by atoms with Crippen LogP contribution < -0.4 is 4.89 Å². The molecule has 8 nitrogen and oxygen atoms in total. The van der Waals surface area contributed by atoms with Crippen molar-refractivity contribution in [3.8, 4) is 0 Å². The minimum Gasteiger partial charge on any atom is -0.756 e. The molecule has 67 heavy (non-hydrogen) atoms. The van der Waals surface area contributed by atoms with E-state index in [1.165, 1.54) is 141 Å². The predicted molar refractivity (Wildman–Crippen MR) is 286 cm³/mol. The van der Waals surface area contributed by atoms with E-state index < -0.39 is 13.9 Å². The van der Waals surface area contributed by atoms with Crippen LogP contribution in [-0.2, 0) is 27.9 Å². The lowest BCUT2D eigenvalue weighted by Crippen LogP contribution is -2.37. The van der Waals surface area contributed by atoms with Gasteiger partial charge in [-0.05, 0) is 89.9 Å². The quantitative estimate of drug-likeness (QED) is 0.0197. The first kappa shape index (κ1) is 64.9. The van der Waals surface area contributed by atoms with Gasteiger partial charge >= 0.3 is 5.97 Å². The van der Waals surface area contributed by atoms with E-state index in [0.29, 0.717) is 24.1 Å². The summed E-state index contributed by atoms with van der Waals surface area (Å²) in [6.45, 7) is 5.36. The van der Waals surface area contributed by atoms with Gasteiger partial charge in [0.1, 0.15) is 19.3 Å². The third kappa shape index (κ3) is 54.7. The SMILES string of the molecule is CCCCC/C=C\C/C=C\C/C=C\CCCCCCCCC(=O)OC(COCCCCCCCCCCCCC/C=C\C/C=C\C/C=C\CCCCCCC)COP(=O)([O-])OCC[N+](C)(C)C. The van der Waals surface area contributed by atoms with Crippen LogP contribution in [0.4, 0.5) is 0 Å². The van der Waals surface area contributed by atoms with Crippen molar-refractivity contribution in [2.75, 3.05) is 54.1 Å². The Morgan fingerprint density at radius 2 is 0.821 bits per heavy atom. The number of ether oxygens (including phenoxy) is 2. The number of esters is 1. The molecule has 0 aliphatic rings. The number of likely N-dealkylation sites (N-methyl/N-ethyl adjacent to an activating group) is 1. The lowest BCUT2D eigenvalue weighted by molar-refractivity contribution is -0.870. The molecule has 0 aromatic heterocycles. The van der Waals surface area contributed by atoms with Crippen molar-refractivity contribution >= 4 is 13.8 Å². The first-order chi connectivity index (χ1) is 32.6. The zero-order valence-electron chi connectivity index (χ0n) is 44.3. The Morgan fingerprint density at radius 1 is 0.463 bits per heavy atom. The largest absolute Gasteiger partial charge is 0.756 e. The Labute approximate surface area is 414 Å². The zero-order valence-corrected chi connectivity index (χ0v) is 45.2. The monoisotopic (exact) mass is 960 g/mol. The highest BCUT2D eigenvalue weighted by atomic mass is 31.2. The molecule has 2 unspecified atom stereocenters. The van der Waals surface area contributed by atoms with Gasteiger partial charge < -0.3 is 27.9 Å². The molecule has 0 N–H and O–H groups in total. The first-order valence-corrected chi connectivity index (χ1v) is 29.1. The van der Waals surface area contributed by atoms with Crippen LogP contribution in [0, 0.1) is 0 Å². The Hall–Kier alpha value is -2.06. The number of carbonyl (C=O) groups excluding carboxylic acids is 1. The predicted octanol–water partition coefficient (Wildman–Crippen LogP) is 16.8. The third-order valence-corrected chi connectivity index (χ3v) is 12.7. The van der Waals surface area contributed by atoms with Crippen molar-refractivity contribution in [3.05, 3.63) is 72.9 Å². The summed E-state index contributed by atoms with van der Waals surface area (Å²) >= 11 is 0. The summed E-state index contributed by atoms with van der Waals surface area (Å²) < 4.78 is 34.8. The summed E-state index contributed by atoms with van der Waals surface area (Å²) in [6.07, 6.45) is 66.4. The average molecular weight is 960 g/mol. The number of carbonyl (C=O) groups is 1. The summed E-state index contributed by atoms with van der Waals surface area (Å²) in [6, 6.07) is 0. The molecule has 0 aliphatic carbocycles. The summed E-state index contributed by atoms with van der Waals surface area (Å²) in [5.74, 6) is -0.348. The van der Waals surface area contributed by atoms with E-state index in [9.17, 15) is 14.3 Å². The fraction of sp³-hybridized carbons (Fsp3) is 0.776. The molecule has 0 spiro atoms. The van der Waals surface area contributed by atoms with Crippen LogP contribution in [-0.4, -0.2) is 70.7 Å². The molecule has 0 amide bonds. The topological polar surface area (TPSA) is 94.1 Å². The average Bonchev–Trinajstić information content (AvgIpc) is 3.29. The second-order valence-electron chi connectivity index (χ2n) is 19.6. The number of unbranched alkanes of at least 4 members (excludes halogenated alkanes) is 25. The van der Waals surface area contributed by atoms with Crippen molar-refractivity contribution in [1.29, 1.82) is 0 Å². The van der Waals surface area contributed by atoms with Gasteiger partial charge in [0.25, 0.3) is 7.82 Å². The molecule has 0 heterocycles. The third-order valence-electron chi connectivity index (χ3n) is 11.7. The number of hydrogen-bond acceptors (Lipinski definition) is 7. The maximum Gasteiger partial charge on any atom is 0.306 e. The van der Waals surface area contributed by atoms with Crippen molar-refractivity contribution in [3.63, 3.8) is 0 Å². The van der Waals surface area contributed by atoms with Crippen molar-refractivity contribution < 1.29 is 37.3 Å². The number of nitrogens with zero attached hydrogens (tertiary/aromatic N) is 1. The summed E-state index contributed by atoms with van der Waals surface area (Å²) in [5.41, 5.74) is 0. The van der Waals surface area contributed by atoms with Crippen LogP contribution in [0.25, 0.3) is 0 Å². The van der Waals surface area contributed by atoms with Crippen LogP contribution in [0.15, 0.2) is 72.9 Å². The number of rotatable bonds is 51. The molecule has 0 aliphatic heterocycles. The van der Waals surface area contributed by atoms with Gasteiger partial charge in [0.15, 0.2) is 0 Å². The molecule has 390 valence electrons. The van der Waals surface area contributed by atoms with E-state index in [1.54, 1.807) is 0 Å². The maximum atomic E-state index is 12.8. The van der Waals surface area contributed by atoms with E-state index in [1.807, 2.05) is 21.1 Å². The molecule has 0 aromatic carbocycles. The zero-order chi connectivity index (χ0) is 49.0. The number of phosphoric acid groups is 1.